The van der Waals surface area contributed by atoms with Gasteiger partial charge in [0.15, 0.2) is 11.9 Å². The van der Waals surface area contributed by atoms with Crippen LogP contribution in [0.15, 0.2) is 29.5 Å². The number of pyridine rings is 1. The highest BCUT2D eigenvalue weighted by Crippen LogP contribution is 2.39. The summed E-state index contributed by atoms with van der Waals surface area (Å²) in [5.74, 6) is 0.197. The highest BCUT2D eigenvalue weighted by Gasteiger charge is 2.38. The number of carbonyl (C=O) groups is 1. The number of aromatic nitrogens is 1. The molecule has 1 aromatic heterocycles. The van der Waals surface area contributed by atoms with Gasteiger partial charge in [0.25, 0.3) is 0 Å². The van der Waals surface area contributed by atoms with E-state index in [2.05, 4.69) is 10.1 Å². The van der Waals surface area contributed by atoms with Gasteiger partial charge < -0.3 is 14.6 Å². The zero-order valence-electron chi connectivity index (χ0n) is 20.0. The van der Waals surface area contributed by atoms with Crippen LogP contribution in [-0.2, 0) is 4.79 Å². The Labute approximate surface area is 197 Å². The molecular weight excluding hydrogens is 453 g/mol. The Balaban J connectivity index is 2.65. The van der Waals surface area contributed by atoms with Gasteiger partial charge in [-0.2, -0.15) is 18.3 Å². The molecule has 0 aliphatic carbocycles. The third kappa shape index (κ3) is 6.49. The van der Waals surface area contributed by atoms with E-state index in [1.807, 2.05) is 13.8 Å². The monoisotopic (exact) mass is 484 g/mol. The van der Waals surface area contributed by atoms with Gasteiger partial charge in [0.1, 0.15) is 12.4 Å². The smallest absolute Gasteiger partial charge is 0.425 e. The Morgan fingerprint density at radius 2 is 1.91 bits per heavy atom. The fourth-order valence-electron chi connectivity index (χ4n) is 3.20. The lowest BCUT2D eigenvalue weighted by Gasteiger charge is -2.24. The van der Waals surface area contributed by atoms with Crippen LogP contribution in [0.25, 0.3) is 10.8 Å². The average molecular weight is 485 g/mol. The van der Waals surface area contributed by atoms with Gasteiger partial charge in [-0.1, -0.05) is 13.8 Å². The number of fused-ring (bicyclic) bond motifs is 1. The zero-order chi connectivity index (χ0) is 25.5. The summed E-state index contributed by atoms with van der Waals surface area (Å²) in [6, 6.07) is 4.73. The molecule has 1 heterocycles. The summed E-state index contributed by atoms with van der Waals surface area (Å²) >= 11 is 0. The molecule has 2 rings (SSSR count). The number of likely N-dealkylation sites (N-methyl/N-ethyl adjacent to an activating group) is 1. The minimum atomic E-state index is -4.58. The van der Waals surface area contributed by atoms with Gasteiger partial charge in [-0.3, -0.25) is 14.7 Å². The molecule has 2 aromatic rings. The topological polar surface area (TPSA) is 87.5 Å². The molecule has 0 spiro atoms. The van der Waals surface area contributed by atoms with Crippen LogP contribution < -0.4 is 14.5 Å². The molecule has 1 atom stereocenters. The molecule has 1 amide bonds. The van der Waals surface area contributed by atoms with Crippen molar-refractivity contribution in [3.05, 3.63) is 24.4 Å². The number of amides is 1. The lowest BCUT2D eigenvalue weighted by Crippen LogP contribution is -2.34. The maximum atomic E-state index is 13.3. The van der Waals surface area contributed by atoms with Crippen LogP contribution in [0, 0.1) is 0 Å². The molecule has 1 unspecified atom stereocenters. The van der Waals surface area contributed by atoms with Crippen LogP contribution in [0.1, 0.15) is 40.5 Å². The van der Waals surface area contributed by atoms with Gasteiger partial charge in [0, 0.05) is 25.9 Å². The normalized spacial score (nSPS) is 13.2. The van der Waals surface area contributed by atoms with E-state index in [4.69, 9.17) is 9.47 Å². The van der Waals surface area contributed by atoms with E-state index >= 15 is 0 Å². The fraction of sp³-hybridized carbons (Fsp3) is 0.522. The number of amidine groups is 1. The number of hydrogen-bond donors (Lipinski definition) is 1. The lowest BCUT2D eigenvalue weighted by atomic mass is 10.1. The number of rotatable bonds is 11. The Morgan fingerprint density at radius 3 is 2.44 bits per heavy atom. The second-order valence-corrected chi connectivity index (χ2v) is 7.61. The number of halogens is 3. The maximum Gasteiger partial charge on any atom is 0.425 e. The quantitative estimate of drug-likeness (QED) is 0.221. The number of aliphatic hydroxyl groups is 1. The number of anilines is 1. The molecule has 0 bridgehead atoms. The van der Waals surface area contributed by atoms with Crippen molar-refractivity contribution in [2.45, 2.75) is 58.9 Å². The van der Waals surface area contributed by atoms with Gasteiger partial charge in [-0.25, -0.2) is 4.98 Å². The van der Waals surface area contributed by atoms with Crippen LogP contribution in [-0.4, -0.2) is 65.8 Å². The van der Waals surface area contributed by atoms with Gasteiger partial charge in [-0.05, 0) is 44.2 Å². The molecule has 0 fully saturated rings. The maximum absolute atomic E-state index is 13.3. The van der Waals surface area contributed by atoms with Gasteiger partial charge in [0.2, 0.25) is 12.3 Å². The summed E-state index contributed by atoms with van der Waals surface area (Å²) in [5.41, 5.74) is 0.379. The minimum absolute atomic E-state index is 0.0679. The Kier molecular flexibility index (Phi) is 9.48. The van der Waals surface area contributed by atoms with E-state index in [1.165, 1.54) is 22.2 Å². The molecule has 11 heteroatoms. The van der Waals surface area contributed by atoms with Crippen molar-refractivity contribution >= 4 is 28.7 Å². The highest BCUT2D eigenvalue weighted by atomic mass is 19.4. The van der Waals surface area contributed by atoms with Crippen LogP contribution in [0.3, 0.4) is 0 Å². The van der Waals surface area contributed by atoms with E-state index < -0.39 is 18.9 Å². The van der Waals surface area contributed by atoms with E-state index in [0.29, 0.717) is 35.7 Å². The number of benzene rings is 1. The molecule has 0 aliphatic heterocycles. The lowest BCUT2D eigenvalue weighted by molar-refractivity contribution is -0.189. The van der Waals surface area contributed by atoms with E-state index in [-0.39, 0.29) is 30.1 Å². The van der Waals surface area contributed by atoms with Gasteiger partial charge in [-0.15, -0.1) is 0 Å². The minimum Gasteiger partial charge on any atom is -0.480 e. The Bertz CT molecular complexity index is 996. The summed E-state index contributed by atoms with van der Waals surface area (Å²) in [7, 11) is 1.55. The molecule has 1 aromatic carbocycles. The molecule has 1 N–H and O–H groups in total. The van der Waals surface area contributed by atoms with Crippen LogP contribution >= 0.6 is 0 Å². The number of ether oxygens (including phenoxy) is 2. The average Bonchev–Trinajstić information content (AvgIpc) is 2.81. The number of nitrogens with zero attached hydrogens (tertiary/aromatic N) is 4. The van der Waals surface area contributed by atoms with Crippen LogP contribution in [0.4, 0.5) is 18.9 Å². The molecule has 34 heavy (non-hydrogen) atoms. The third-order valence-corrected chi connectivity index (χ3v) is 5.31. The van der Waals surface area contributed by atoms with Crippen LogP contribution in [0.5, 0.6) is 11.6 Å². The fourth-order valence-corrected chi connectivity index (χ4v) is 3.20. The zero-order valence-corrected chi connectivity index (χ0v) is 20.0. The first kappa shape index (κ1) is 27.2. The first-order valence-corrected chi connectivity index (χ1v) is 11.1. The van der Waals surface area contributed by atoms with Crippen molar-refractivity contribution < 1.29 is 32.5 Å². The van der Waals surface area contributed by atoms with Crippen molar-refractivity contribution in [1.82, 2.24) is 9.88 Å². The Morgan fingerprint density at radius 1 is 1.24 bits per heavy atom. The number of aliphatic hydroxyl groups excluding tert-OH is 1. The number of hydrazone groups is 1. The Hall–Kier alpha value is -3.08. The third-order valence-electron chi connectivity index (χ3n) is 5.31. The number of carbonyl (C=O) groups excluding carboxylic acids is 1. The van der Waals surface area contributed by atoms with E-state index in [1.54, 1.807) is 26.1 Å². The SMILES string of the molecule is CCC(CC)Oc1nccc2cc(N(C)/N=C(/CO)N(C=O)CC)cc(OC(C)C(F)(F)F)c12. The van der Waals surface area contributed by atoms with E-state index in [9.17, 15) is 23.1 Å². The second-order valence-electron chi connectivity index (χ2n) is 7.61. The van der Waals surface area contributed by atoms with Gasteiger partial charge in [0.05, 0.1) is 17.2 Å². The van der Waals surface area contributed by atoms with Crippen molar-refractivity contribution in [3.8, 4) is 11.6 Å². The second kappa shape index (κ2) is 11.9. The van der Waals surface area contributed by atoms with Crippen molar-refractivity contribution in [1.29, 1.82) is 0 Å². The van der Waals surface area contributed by atoms with Gasteiger partial charge >= 0.3 is 6.18 Å². The summed E-state index contributed by atoms with van der Waals surface area (Å²) in [6.45, 7) is 6.32. The summed E-state index contributed by atoms with van der Waals surface area (Å²) in [6.07, 6.45) is -3.37. The summed E-state index contributed by atoms with van der Waals surface area (Å²) in [4.78, 5) is 16.7. The molecular formula is C23H31F3N4O4. The predicted molar refractivity (Wildman–Crippen MR) is 124 cm³/mol. The van der Waals surface area contributed by atoms with Crippen molar-refractivity contribution in [3.63, 3.8) is 0 Å². The predicted octanol–water partition coefficient (Wildman–Crippen LogP) is 4.35. The first-order valence-electron chi connectivity index (χ1n) is 11.1. The van der Waals surface area contributed by atoms with Crippen LogP contribution in [0.2, 0.25) is 0 Å². The molecule has 0 aliphatic rings. The van der Waals surface area contributed by atoms with Crippen molar-refractivity contribution in [2.75, 3.05) is 25.2 Å². The largest absolute Gasteiger partial charge is 0.480 e. The summed E-state index contributed by atoms with van der Waals surface area (Å²) < 4.78 is 51.3. The molecule has 0 saturated heterocycles. The molecule has 0 radical (unpaired) electrons. The van der Waals surface area contributed by atoms with E-state index in [0.717, 1.165) is 6.92 Å². The standard InChI is InChI=1S/C23H31F3N4O4/c1-6-18(7-2)34-22-21-16(9-10-27-22)11-17(12-19(21)33-15(4)23(24,25)26)29(5)28-20(13-31)30(8-3)14-32/h9-12,14-15,18,31H,6-8,13H2,1-5H3/b28-20-. The number of hydrogen-bond acceptors (Lipinski definition) is 7. The molecule has 8 nitrogen and oxygen atoms in total. The highest BCUT2D eigenvalue weighted by molar-refractivity contribution is 5.96. The van der Waals surface area contributed by atoms with Crippen molar-refractivity contribution in [2.24, 2.45) is 5.10 Å². The first-order chi connectivity index (χ1) is 16.1. The summed E-state index contributed by atoms with van der Waals surface area (Å²) in [5, 5.41) is 16.1. The molecule has 0 saturated carbocycles. The molecule has 188 valence electrons. The number of alkyl halides is 3.